The lowest BCUT2D eigenvalue weighted by Gasteiger charge is -2.15. The molecule has 6 nitrogen and oxygen atoms in total. The van der Waals surface area contributed by atoms with Crippen molar-refractivity contribution in [1.29, 1.82) is 0 Å². The number of rotatable bonds is 8. The van der Waals surface area contributed by atoms with E-state index in [0.29, 0.717) is 17.1 Å². The first-order valence-corrected chi connectivity index (χ1v) is 10.2. The van der Waals surface area contributed by atoms with E-state index >= 15 is 0 Å². The smallest absolute Gasteiger partial charge is 0.276 e. The zero-order valence-electron chi connectivity index (χ0n) is 15.0. The zero-order chi connectivity index (χ0) is 20.1. The Kier molecular flexibility index (Phi) is 6.18. The second-order valence-electron chi connectivity index (χ2n) is 6.05. The van der Waals surface area contributed by atoms with Crippen molar-refractivity contribution in [2.75, 3.05) is 7.05 Å². The van der Waals surface area contributed by atoms with E-state index in [0.717, 1.165) is 5.56 Å². The van der Waals surface area contributed by atoms with Gasteiger partial charge in [-0.15, -0.1) is 0 Å². The van der Waals surface area contributed by atoms with E-state index in [1.165, 1.54) is 17.4 Å². The molecule has 0 saturated heterocycles. The maximum absolute atomic E-state index is 12.7. The number of benzene rings is 2. The van der Waals surface area contributed by atoms with E-state index in [4.69, 9.17) is 20.8 Å². The Bertz CT molecular complexity index is 1050. The maximum Gasteiger partial charge on any atom is 0.276 e. The van der Waals surface area contributed by atoms with Gasteiger partial charge in [0.05, 0.1) is 0 Å². The summed E-state index contributed by atoms with van der Waals surface area (Å²) in [6.45, 7) is 0.285. The molecule has 0 saturated carbocycles. The van der Waals surface area contributed by atoms with Crippen LogP contribution in [0.5, 0.6) is 5.75 Å². The number of carbonyl (C=O) groups is 1. The number of hydrogen-bond acceptors (Lipinski definition) is 5. The van der Waals surface area contributed by atoms with Gasteiger partial charge in [-0.3, -0.25) is 4.79 Å². The highest BCUT2D eigenvalue weighted by Gasteiger charge is 2.24. The number of nitrogens with zero attached hydrogens (tertiary/aromatic N) is 1. The fourth-order valence-electron chi connectivity index (χ4n) is 2.49. The Morgan fingerprint density at radius 1 is 1.04 bits per heavy atom. The molecule has 0 N–H and O–H groups in total. The summed E-state index contributed by atoms with van der Waals surface area (Å²) in [7, 11) is -2.25. The van der Waals surface area contributed by atoms with Crippen LogP contribution in [-0.2, 0) is 23.2 Å². The Morgan fingerprint density at radius 3 is 2.36 bits per heavy atom. The Morgan fingerprint density at radius 2 is 1.71 bits per heavy atom. The van der Waals surface area contributed by atoms with E-state index in [2.05, 4.69) is 0 Å². The quantitative estimate of drug-likeness (QED) is 0.514. The van der Waals surface area contributed by atoms with Gasteiger partial charge in [0.2, 0.25) is 5.09 Å². The minimum absolute atomic E-state index is 0.0477. The van der Waals surface area contributed by atoms with Gasteiger partial charge in [0.15, 0.2) is 0 Å². The Balaban J connectivity index is 1.64. The lowest BCUT2D eigenvalue weighted by atomic mass is 10.2. The summed E-state index contributed by atoms with van der Waals surface area (Å²) in [5.41, 5.74) is 1.24. The van der Waals surface area contributed by atoms with Gasteiger partial charge in [-0.1, -0.05) is 30.3 Å². The normalized spacial score (nSPS) is 11.5. The van der Waals surface area contributed by atoms with E-state index in [1.54, 1.807) is 30.3 Å². The van der Waals surface area contributed by atoms with Crippen molar-refractivity contribution < 1.29 is 22.4 Å². The monoisotopic (exact) mass is 419 g/mol. The molecule has 0 radical (unpaired) electrons. The summed E-state index contributed by atoms with van der Waals surface area (Å²) in [5.74, 6) is 0.868. The predicted molar refractivity (Wildman–Crippen MR) is 105 cm³/mol. The van der Waals surface area contributed by atoms with Crippen LogP contribution in [0.1, 0.15) is 21.7 Å². The summed E-state index contributed by atoms with van der Waals surface area (Å²) in [6.07, 6.45) is 0. The molecule has 28 heavy (non-hydrogen) atoms. The molecule has 0 aliphatic rings. The number of carbonyl (C=O) groups excluding carboxylic acids is 1. The summed E-state index contributed by atoms with van der Waals surface area (Å²) in [4.78, 5) is 11.1. The third-order valence-corrected chi connectivity index (χ3v) is 5.91. The van der Waals surface area contributed by atoms with Crippen LogP contribution < -0.4 is 4.74 Å². The molecule has 1 aromatic heterocycles. The molecular formula is C20H18ClNO5S. The van der Waals surface area contributed by atoms with E-state index in [9.17, 15) is 13.2 Å². The van der Waals surface area contributed by atoms with E-state index < -0.39 is 15.3 Å². The van der Waals surface area contributed by atoms with Crippen molar-refractivity contribution >= 4 is 26.9 Å². The zero-order valence-corrected chi connectivity index (χ0v) is 16.6. The molecule has 0 aliphatic carbocycles. The van der Waals surface area contributed by atoms with Crippen LogP contribution in [-0.4, -0.2) is 25.0 Å². The second-order valence-corrected chi connectivity index (χ2v) is 8.37. The highest BCUT2D eigenvalue weighted by Crippen LogP contribution is 2.21. The number of halogens is 1. The van der Waals surface area contributed by atoms with Crippen molar-refractivity contribution in [3.8, 4) is 5.75 Å². The molecule has 0 spiro atoms. The SMILES string of the molecule is CN(Cc1ccccc1)S(=O)(=O)c1ccc(COc2ccc(C(=O)Cl)cc2)o1. The molecule has 0 unspecified atom stereocenters. The molecule has 3 aromatic rings. The molecule has 0 bridgehead atoms. The van der Waals surface area contributed by atoms with Gasteiger partial charge >= 0.3 is 0 Å². The number of ether oxygens (including phenoxy) is 1. The van der Waals surface area contributed by atoms with E-state index in [-0.39, 0.29) is 18.2 Å². The van der Waals surface area contributed by atoms with Crippen LogP contribution >= 0.6 is 11.6 Å². The molecule has 0 fully saturated rings. The lowest BCUT2D eigenvalue weighted by molar-refractivity contribution is 0.108. The fraction of sp³-hybridized carbons (Fsp3) is 0.150. The molecule has 146 valence electrons. The fourth-order valence-corrected chi connectivity index (χ4v) is 3.69. The van der Waals surface area contributed by atoms with Gasteiger partial charge in [-0.25, -0.2) is 8.42 Å². The van der Waals surface area contributed by atoms with Gasteiger partial charge in [0, 0.05) is 19.2 Å². The molecule has 0 aliphatic heterocycles. The summed E-state index contributed by atoms with van der Waals surface area (Å²) >= 11 is 5.39. The van der Waals surface area contributed by atoms with Gasteiger partial charge in [-0.2, -0.15) is 4.31 Å². The third kappa shape index (κ3) is 4.81. The summed E-state index contributed by atoms with van der Waals surface area (Å²) in [6, 6.07) is 18.5. The molecule has 8 heteroatoms. The topological polar surface area (TPSA) is 76.8 Å². The van der Waals surface area contributed by atoms with Crippen molar-refractivity contribution in [2.24, 2.45) is 0 Å². The average Bonchev–Trinajstić information content (AvgIpc) is 3.17. The molecule has 2 aromatic carbocycles. The Labute approximate surface area is 168 Å². The summed E-state index contributed by atoms with van der Waals surface area (Å²) in [5, 5.41) is -0.695. The highest BCUT2D eigenvalue weighted by atomic mass is 35.5. The molecular weight excluding hydrogens is 402 g/mol. The van der Waals surface area contributed by atoms with Crippen LogP contribution in [0.15, 0.2) is 76.2 Å². The second kappa shape index (κ2) is 8.60. The van der Waals surface area contributed by atoms with E-state index in [1.807, 2.05) is 30.3 Å². The van der Waals surface area contributed by atoms with Crippen molar-refractivity contribution in [3.63, 3.8) is 0 Å². The van der Waals surface area contributed by atoms with Crippen LogP contribution in [0.2, 0.25) is 0 Å². The number of hydrogen-bond donors (Lipinski definition) is 0. The Hall–Kier alpha value is -2.61. The van der Waals surface area contributed by atoms with Crippen molar-refractivity contribution in [1.82, 2.24) is 4.31 Å². The highest BCUT2D eigenvalue weighted by molar-refractivity contribution is 7.88. The molecule has 0 amide bonds. The van der Waals surface area contributed by atoms with Crippen LogP contribution in [0.3, 0.4) is 0 Å². The minimum Gasteiger partial charge on any atom is -0.486 e. The van der Waals surface area contributed by atoms with Crippen molar-refractivity contribution in [2.45, 2.75) is 18.2 Å². The van der Waals surface area contributed by atoms with Crippen LogP contribution in [0, 0.1) is 0 Å². The third-order valence-electron chi connectivity index (χ3n) is 4.01. The van der Waals surface area contributed by atoms with Gasteiger partial charge in [0.1, 0.15) is 18.1 Å². The standard InChI is InChI=1S/C20H18ClNO5S/c1-22(13-15-5-3-2-4-6-15)28(24,25)19-12-11-18(27-19)14-26-17-9-7-16(8-10-17)20(21)23/h2-12H,13-14H2,1H3. The first kappa shape index (κ1) is 20.1. The van der Waals surface area contributed by atoms with Gasteiger partial charge < -0.3 is 9.15 Å². The van der Waals surface area contributed by atoms with Crippen LogP contribution in [0.25, 0.3) is 0 Å². The molecule has 0 atom stereocenters. The first-order valence-electron chi connectivity index (χ1n) is 8.38. The van der Waals surface area contributed by atoms with Gasteiger partial charge in [-0.05, 0) is 53.6 Å². The largest absolute Gasteiger partial charge is 0.486 e. The molecule has 3 rings (SSSR count). The minimum atomic E-state index is -3.76. The maximum atomic E-state index is 12.7. The lowest BCUT2D eigenvalue weighted by Crippen LogP contribution is -2.26. The average molecular weight is 420 g/mol. The van der Waals surface area contributed by atoms with Crippen LogP contribution in [0.4, 0.5) is 0 Å². The number of sulfonamides is 1. The first-order chi connectivity index (χ1) is 13.4. The molecule has 1 heterocycles. The predicted octanol–water partition coefficient (Wildman–Crippen LogP) is 4.06. The number of furan rings is 1. The van der Waals surface area contributed by atoms with Gasteiger partial charge in [0.25, 0.3) is 15.3 Å². The summed E-state index contributed by atoms with van der Waals surface area (Å²) < 4.78 is 37.6. The van der Waals surface area contributed by atoms with Crippen molar-refractivity contribution in [3.05, 3.63) is 83.6 Å².